The largest absolute Gasteiger partial charge is 0.550 e. The number of aliphatic carboxylic acids is 1. The summed E-state index contributed by atoms with van der Waals surface area (Å²) in [7, 11) is 0. The van der Waals surface area contributed by atoms with Gasteiger partial charge in [0, 0.05) is 17.3 Å². The van der Waals surface area contributed by atoms with E-state index in [-0.39, 0.29) is 5.92 Å². The topological polar surface area (TPSA) is 83.2 Å². The molecule has 0 aliphatic heterocycles. The SMILES string of the molecule is CC1(C)[C@H](C(N)=O)CC[C@]1(C)C(=O)[O-]. The fourth-order valence-corrected chi connectivity index (χ4v) is 2.36. The van der Waals surface area contributed by atoms with Gasteiger partial charge in [-0.2, -0.15) is 0 Å². The van der Waals surface area contributed by atoms with Crippen molar-refractivity contribution >= 4 is 11.9 Å². The second-order valence-corrected chi connectivity index (χ2v) is 4.83. The number of carbonyl (C=O) groups excluding carboxylic acids is 2. The second kappa shape index (κ2) is 2.97. The number of carbonyl (C=O) groups is 2. The highest BCUT2D eigenvalue weighted by atomic mass is 16.4. The van der Waals surface area contributed by atoms with Gasteiger partial charge in [0.1, 0.15) is 0 Å². The molecule has 0 unspecified atom stereocenters. The number of rotatable bonds is 2. The van der Waals surface area contributed by atoms with Crippen LogP contribution in [0.2, 0.25) is 0 Å². The lowest BCUT2D eigenvalue weighted by Crippen LogP contribution is -2.49. The van der Waals surface area contributed by atoms with E-state index in [4.69, 9.17) is 5.73 Å². The summed E-state index contributed by atoms with van der Waals surface area (Å²) in [6, 6.07) is 0. The number of nitrogens with two attached hydrogens (primary N) is 1. The van der Waals surface area contributed by atoms with E-state index < -0.39 is 22.7 Å². The molecule has 0 saturated heterocycles. The van der Waals surface area contributed by atoms with Gasteiger partial charge in [0.15, 0.2) is 0 Å². The highest BCUT2D eigenvalue weighted by Crippen LogP contribution is 2.55. The van der Waals surface area contributed by atoms with Crippen LogP contribution >= 0.6 is 0 Å². The van der Waals surface area contributed by atoms with Gasteiger partial charge in [-0.05, 0) is 18.3 Å². The van der Waals surface area contributed by atoms with Gasteiger partial charge < -0.3 is 15.6 Å². The molecule has 0 spiro atoms. The van der Waals surface area contributed by atoms with Gasteiger partial charge in [-0.25, -0.2) is 0 Å². The first-order valence-corrected chi connectivity index (χ1v) is 4.74. The van der Waals surface area contributed by atoms with Crippen molar-refractivity contribution in [3.05, 3.63) is 0 Å². The number of hydrogen-bond donors (Lipinski definition) is 1. The molecule has 0 aromatic heterocycles. The van der Waals surface area contributed by atoms with Crippen molar-refractivity contribution in [3.8, 4) is 0 Å². The normalized spacial score (nSPS) is 35.5. The summed E-state index contributed by atoms with van der Waals surface area (Å²) in [4.78, 5) is 22.2. The third-order valence-corrected chi connectivity index (χ3v) is 4.02. The zero-order chi connectivity index (χ0) is 11.1. The van der Waals surface area contributed by atoms with Gasteiger partial charge in [0.05, 0.1) is 0 Å². The summed E-state index contributed by atoms with van der Waals surface area (Å²) in [6.45, 7) is 5.17. The Hall–Kier alpha value is -1.06. The smallest absolute Gasteiger partial charge is 0.221 e. The number of carboxylic acid groups (broad SMARTS) is 1. The number of amides is 1. The third kappa shape index (κ3) is 1.21. The Morgan fingerprint density at radius 1 is 1.36 bits per heavy atom. The van der Waals surface area contributed by atoms with Crippen LogP contribution in [0.25, 0.3) is 0 Å². The standard InChI is InChI=1S/C10H17NO3/c1-9(2)6(7(11)12)4-5-10(9,3)8(13)14/h6H,4-5H2,1-3H3,(H2,11,12)(H,13,14)/p-1/t6-,10+/m0/s1. The lowest BCUT2D eigenvalue weighted by Gasteiger charge is -2.41. The molecule has 0 bridgehead atoms. The molecule has 0 aromatic rings. The molecule has 1 fully saturated rings. The molecule has 1 amide bonds. The average Bonchev–Trinajstić information content (AvgIpc) is 2.24. The molecule has 1 saturated carbocycles. The molecule has 1 aliphatic carbocycles. The number of primary amides is 1. The molecule has 4 heteroatoms. The summed E-state index contributed by atoms with van der Waals surface area (Å²) in [6.07, 6.45) is 0.989. The molecule has 1 rings (SSSR count). The van der Waals surface area contributed by atoms with Crippen LogP contribution in [0.1, 0.15) is 33.6 Å². The summed E-state index contributed by atoms with van der Waals surface area (Å²) < 4.78 is 0. The maximum atomic E-state index is 11.1. The molecule has 2 N–H and O–H groups in total. The monoisotopic (exact) mass is 198 g/mol. The highest BCUT2D eigenvalue weighted by molar-refractivity contribution is 5.82. The summed E-state index contributed by atoms with van der Waals surface area (Å²) >= 11 is 0. The van der Waals surface area contributed by atoms with Crippen LogP contribution in [-0.2, 0) is 9.59 Å². The Morgan fingerprint density at radius 3 is 2.07 bits per heavy atom. The van der Waals surface area contributed by atoms with Crippen LogP contribution < -0.4 is 10.8 Å². The van der Waals surface area contributed by atoms with Crippen molar-refractivity contribution in [2.45, 2.75) is 33.6 Å². The number of hydrogen-bond acceptors (Lipinski definition) is 3. The van der Waals surface area contributed by atoms with Crippen molar-refractivity contribution in [3.63, 3.8) is 0 Å². The van der Waals surface area contributed by atoms with Gasteiger partial charge in [0.25, 0.3) is 0 Å². The van der Waals surface area contributed by atoms with Crippen LogP contribution in [0.4, 0.5) is 0 Å². The Morgan fingerprint density at radius 2 is 1.86 bits per heavy atom. The van der Waals surface area contributed by atoms with Crippen LogP contribution in [-0.4, -0.2) is 11.9 Å². The summed E-state index contributed by atoms with van der Waals surface area (Å²) in [5.74, 6) is -1.88. The predicted molar refractivity (Wildman–Crippen MR) is 48.8 cm³/mol. The Bertz CT molecular complexity index is 285. The molecule has 80 valence electrons. The minimum Gasteiger partial charge on any atom is -0.550 e. The van der Waals surface area contributed by atoms with E-state index in [0.717, 1.165) is 0 Å². The molecule has 1 aliphatic rings. The van der Waals surface area contributed by atoms with Gasteiger partial charge in [0.2, 0.25) is 5.91 Å². The zero-order valence-electron chi connectivity index (χ0n) is 8.79. The van der Waals surface area contributed by atoms with E-state index in [1.807, 2.05) is 0 Å². The second-order valence-electron chi connectivity index (χ2n) is 4.83. The Balaban J connectivity index is 3.08. The minimum absolute atomic E-state index is 0.370. The Kier molecular flexibility index (Phi) is 2.34. The van der Waals surface area contributed by atoms with E-state index >= 15 is 0 Å². The summed E-state index contributed by atoms with van der Waals surface area (Å²) in [5.41, 5.74) is 3.66. The van der Waals surface area contributed by atoms with Gasteiger partial charge in [-0.1, -0.05) is 20.8 Å². The lowest BCUT2D eigenvalue weighted by atomic mass is 9.65. The molecule has 0 radical (unpaired) electrons. The fraction of sp³-hybridized carbons (Fsp3) is 0.800. The van der Waals surface area contributed by atoms with E-state index in [9.17, 15) is 14.7 Å². The zero-order valence-corrected chi connectivity index (χ0v) is 8.79. The number of carboxylic acids is 1. The fourth-order valence-electron chi connectivity index (χ4n) is 2.36. The van der Waals surface area contributed by atoms with Crippen LogP contribution in [0, 0.1) is 16.7 Å². The van der Waals surface area contributed by atoms with Crippen LogP contribution in [0.3, 0.4) is 0 Å². The molecular formula is C10H16NO3-. The first-order chi connectivity index (χ1) is 6.23. The average molecular weight is 198 g/mol. The van der Waals surface area contributed by atoms with E-state index in [2.05, 4.69) is 0 Å². The maximum absolute atomic E-state index is 11.1. The summed E-state index contributed by atoms with van der Waals surface area (Å²) in [5, 5.41) is 11.0. The first-order valence-electron chi connectivity index (χ1n) is 4.74. The van der Waals surface area contributed by atoms with Crippen molar-refractivity contribution in [1.29, 1.82) is 0 Å². The van der Waals surface area contributed by atoms with E-state index in [0.29, 0.717) is 12.8 Å². The first kappa shape index (κ1) is 11.0. The van der Waals surface area contributed by atoms with E-state index in [1.165, 1.54) is 0 Å². The van der Waals surface area contributed by atoms with Crippen molar-refractivity contribution < 1.29 is 14.7 Å². The lowest BCUT2D eigenvalue weighted by molar-refractivity contribution is -0.323. The van der Waals surface area contributed by atoms with E-state index in [1.54, 1.807) is 20.8 Å². The van der Waals surface area contributed by atoms with Crippen molar-refractivity contribution in [1.82, 2.24) is 0 Å². The van der Waals surface area contributed by atoms with Crippen LogP contribution in [0.5, 0.6) is 0 Å². The van der Waals surface area contributed by atoms with Crippen molar-refractivity contribution in [2.24, 2.45) is 22.5 Å². The Labute approximate surface area is 83.5 Å². The molecule has 0 aromatic carbocycles. The third-order valence-electron chi connectivity index (χ3n) is 4.02. The highest BCUT2D eigenvalue weighted by Gasteiger charge is 2.54. The van der Waals surface area contributed by atoms with Gasteiger partial charge in [-0.3, -0.25) is 4.79 Å². The molecule has 4 nitrogen and oxygen atoms in total. The van der Waals surface area contributed by atoms with Gasteiger partial charge in [-0.15, -0.1) is 0 Å². The van der Waals surface area contributed by atoms with Crippen LogP contribution in [0.15, 0.2) is 0 Å². The molecular weight excluding hydrogens is 182 g/mol. The molecule has 0 heterocycles. The molecule has 2 atom stereocenters. The molecule has 14 heavy (non-hydrogen) atoms. The maximum Gasteiger partial charge on any atom is 0.221 e. The van der Waals surface area contributed by atoms with Crippen molar-refractivity contribution in [2.75, 3.05) is 0 Å². The van der Waals surface area contributed by atoms with Gasteiger partial charge >= 0.3 is 0 Å². The minimum atomic E-state index is -1.09. The predicted octanol–water partition coefficient (Wildman–Crippen LogP) is -0.336. The quantitative estimate of drug-likeness (QED) is 0.659.